The number of urea groups is 1. The number of fused-ring (bicyclic) bond motifs is 2. The number of ketones is 2. The molecule has 1 aliphatic heterocycles. The number of amides is 4. The highest BCUT2D eigenvalue weighted by molar-refractivity contribution is 7.92. The molecule has 0 aromatic heterocycles. The summed E-state index contributed by atoms with van der Waals surface area (Å²) in [7, 11) is -3.57. The lowest BCUT2D eigenvalue weighted by Gasteiger charge is -2.40. The summed E-state index contributed by atoms with van der Waals surface area (Å²) in [6, 6.07) is 4.63. The van der Waals surface area contributed by atoms with E-state index in [1.807, 2.05) is 24.3 Å². The Bertz CT molecular complexity index is 1660. The van der Waals surface area contributed by atoms with Crippen molar-refractivity contribution in [2.75, 3.05) is 12.3 Å². The number of Topliss-reactive ketones (excluding diaryl/α,β-unsaturated/α-hetero) is 2. The van der Waals surface area contributed by atoms with Crippen LogP contribution in [0.1, 0.15) is 104 Å². The molecule has 1 aromatic rings. The molecule has 280 valence electrons. The summed E-state index contributed by atoms with van der Waals surface area (Å²) in [5.74, 6) is -2.25. The van der Waals surface area contributed by atoms with Crippen LogP contribution in [0.2, 0.25) is 0 Å². The molecule has 3 N–H and O–H groups in total. The van der Waals surface area contributed by atoms with Gasteiger partial charge in [0.25, 0.3) is 0 Å². The predicted octanol–water partition coefficient (Wildman–Crippen LogP) is 3.91. The van der Waals surface area contributed by atoms with Gasteiger partial charge in [0.1, 0.15) is 12.1 Å². The summed E-state index contributed by atoms with van der Waals surface area (Å²) in [5, 5.41) is 8.98. The van der Waals surface area contributed by atoms with Gasteiger partial charge in [-0.25, -0.2) is 13.2 Å². The van der Waals surface area contributed by atoms with Gasteiger partial charge in [-0.15, -0.1) is 0 Å². The quantitative estimate of drug-likeness (QED) is 0.276. The number of carbonyl (C=O) groups excluding carboxylic acids is 5. The van der Waals surface area contributed by atoms with Crippen molar-refractivity contribution in [2.24, 2.45) is 29.1 Å². The van der Waals surface area contributed by atoms with Crippen LogP contribution < -0.4 is 16.0 Å². The van der Waals surface area contributed by atoms with Crippen molar-refractivity contribution >= 4 is 39.2 Å². The second-order valence-corrected chi connectivity index (χ2v) is 20.5. The van der Waals surface area contributed by atoms with Gasteiger partial charge in [-0.2, -0.15) is 0 Å². The Morgan fingerprint density at radius 1 is 0.941 bits per heavy atom. The molecular formula is C39H56N4O7S. The SMILES string of the molecule is CC(=O)C(=O)C(CC1CC1)NC(=O)[C@@H]1C2C(CN1C(=O)[C@@H](NC(=O)NC1(CS(=O)(=O)C(C)(C)C)CCCCC1)C1Cc3ccccc3C1)C2(C)C. The second-order valence-electron chi connectivity index (χ2n) is 17.8. The van der Waals surface area contributed by atoms with E-state index in [1.165, 1.54) is 6.92 Å². The molecule has 1 saturated heterocycles. The van der Waals surface area contributed by atoms with E-state index in [2.05, 4.69) is 29.8 Å². The first-order chi connectivity index (χ1) is 23.8. The number of hydrogen-bond donors (Lipinski definition) is 3. The summed E-state index contributed by atoms with van der Waals surface area (Å²) < 4.78 is 25.9. The van der Waals surface area contributed by atoms with Gasteiger partial charge in [0, 0.05) is 13.5 Å². The van der Waals surface area contributed by atoms with Crippen LogP contribution in [0.25, 0.3) is 0 Å². The van der Waals surface area contributed by atoms with Gasteiger partial charge in [-0.1, -0.05) is 70.2 Å². The maximum atomic E-state index is 14.8. The molecule has 0 radical (unpaired) electrons. The third-order valence-electron chi connectivity index (χ3n) is 12.7. The number of carbonyl (C=O) groups is 5. The van der Waals surface area contributed by atoms with Crippen LogP contribution in [-0.4, -0.2) is 83.4 Å². The van der Waals surface area contributed by atoms with E-state index < -0.39 is 61.8 Å². The smallest absolute Gasteiger partial charge is 0.315 e. The summed E-state index contributed by atoms with van der Waals surface area (Å²) >= 11 is 0. The molecule has 0 bridgehead atoms. The zero-order valence-electron chi connectivity index (χ0n) is 31.0. The van der Waals surface area contributed by atoms with E-state index in [1.54, 1.807) is 25.7 Å². The minimum absolute atomic E-state index is 0.0750. The average molecular weight is 725 g/mol. The second kappa shape index (κ2) is 13.6. The topological polar surface area (TPSA) is 159 Å². The van der Waals surface area contributed by atoms with Crippen LogP contribution in [-0.2, 0) is 41.9 Å². The first-order valence-corrected chi connectivity index (χ1v) is 20.5. The Hall–Kier alpha value is -3.28. The number of nitrogens with zero attached hydrogens (tertiary/aromatic N) is 1. The molecule has 4 fully saturated rings. The highest BCUT2D eigenvalue weighted by Gasteiger charge is 2.70. The highest BCUT2D eigenvalue weighted by atomic mass is 32.2. The largest absolute Gasteiger partial charge is 0.344 e. The zero-order valence-corrected chi connectivity index (χ0v) is 31.9. The molecule has 11 nitrogen and oxygen atoms in total. The van der Waals surface area contributed by atoms with Gasteiger partial charge in [0.2, 0.25) is 17.6 Å². The summed E-state index contributed by atoms with van der Waals surface area (Å²) in [5.41, 5.74) is 1.06. The molecule has 4 aliphatic carbocycles. The first-order valence-electron chi connectivity index (χ1n) is 18.9. The molecule has 1 aromatic carbocycles. The van der Waals surface area contributed by atoms with Gasteiger partial charge < -0.3 is 20.9 Å². The average Bonchev–Trinajstić information content (AvgIpc) is 3.80. The Labute approximate surface area is 302 Å². The van der Waals surface area contributed by atoms with Crippen LogP contribution in [0.5, 0.6) is 0 Å². The molecule has 4 amide bonds. The monoisotopic (exact) mass is 724 g/mol. The van der Waals surface area contributed by atoms with Gasteiger partial charge >= 0.3 is 6.03 Å². The number of hydrogen-bond acceptors (Lipinski definition) is 7. The zero-order chi connectivity index (χ0) is 37.1. The molecule has 12 heteroatoms. The van der Waals surface area contributed by atoms with Crippen molar-refractivity contribution in [2.45, 2.75) is 134 Å². The molecule has 3 saturated carbocycles. The minimum Gasteiger partial charge on any atom is -0.344 e. The van der Waals surface area contributed by atoms with Crippen molar-refractivity contribution in [1.82, 2.24) is 20.9 Å². The van der Waals surface area contributed by atoms with Crippen molar-refractivity contribution in [3.05, 3.63) is 35.4 Å². The molecule has 5 aliphatic rings. The van der Waals surface area contributed by atoms with Gasteiger partial charge in [0.15, 0.2) is 15.6 Å². The molecule has 0 spiro atoms. The highest BCUT2D eigenvalue weighted by Crippen LogP contribution is 2.65. The maximum Gasteiger partial charge on any atom is 0.315 e. The van der Waals surface area contributed by atoms with Crippen molar-refractivity contribution in [3.63, 3.8) is 0 Å². The lowest BCUT2D eigenvalue weighted by Crippen LogP contribution is -2.63. The van der Waals surface area contributed by atoms with Gasteiger partial charge in [-0.05, 0) is 93.1 Å². The van der Waals surface area contributed by atoms with E-state index in [-0.39, 0.29) is 40.7 Å². The Kier molecular flexibility index (Phi) is 10.00. The lowest BCUT2D eigenvalue weighted by atomic mass is 9.83. The van der Waals surface area contributed by atoms with E-state index in [9.17, 15) is 32.4 Å². The third kappa shape index (κ3) is 7.62. The van der Waals surface area contributed by atoms with Crippen LogP contribution in [0.4, 0.5) is 4.79 Å². The van der Waals surface area contributed by atoms with E-state index in [4.69, 9.17) is 0 Å². The number of piperidine rings is 1. The molecule has 5 atom stereocenters. The van der Waals surface area contributed by atoms with E-state index in [0.29, 0.717) is 38.6 Å². The van der Waals surface area contributed by atoms with Crippen LogP contribution >= 0.6 is 0 Å². The number of nitrogens with one attached hydrogen (secondary N) is 3. The maximum absolute atomic E-state index is 14.8. The Balaban J connectivity index is 1.27. The molecular weight excluding hydrogens is 669 g/mol. The Morgan fingerprint density at radius 2 is 1.55 bits per heavy atom. The normalized spacial score (nSPS) is 26.3. The van der Waals surface area contributed by atoms with E-state index >= 15 is 0 Å². The van der Waals surface area contributed by atoms with Crippen molar-refractivity contribution < 1.29 is 32.4 Å². The molecule has 6 rings (SSSR count). The first kappa shape index (κ1) is 37.5. The summed E-state index contributed by atoms with van der Waals surface area (Å²) in [4.78, 5) is 69.7. The predicted molar refractivity (Wildman–Crippen MR) is 193 cm³/mol. The van der Waals surface area contributed by atoms with Crippen LogP contribution in [0.3, 0.4) is 0 Å². The van der Waals surface area contributed by atoms with Crippen LogP contribution in [0.15, 0.2) is 24.3 Å². The number of benzene rings is 1. The minimum atomic E-state index is -3.57. The fourth-order valence-corrected chi connectivity index (χ4v) is 10.7. The standard InChI is InChI=1S/C39H56N4O7S/c1-23(44)33(45)29(18-24-14-15-24)40-34(46)32-30-28(38(30,5)6)21-43(32)35(47)31(27-19-25-12-8-9-13-26(25)20-27)41-36(48)42-39(16-10-7-11-17-39)22-51(49,50)37(2,3)4/h8-9,12-13,24,27-32H,7,10-11,14-22H2,1-6H3,(H,40,46)(H2,41,42,48)/t28?,29?,30?,31-,32-/m0/s1. The number of likely N-dealkylation sites (tertiary alicyclic amines) is 1. The van der Waals surface area contributed by atoms with Crippen LogP contribution in [0, 0.1) is 29.1 Å². The summed E-state index contributed by atoms with van der Waals surface area (Å²) in [6.07, 6.45) is 7.02. The molecule has 1 heterocycles. The molecule has 51 heavy (non-hydrogen) atoms. The van der Waals surface area contributed by atoms with E-state index in [0.717, 1.165) is 43.2 Å². The van der Waals surface area contributed by atoms with Gasteiger partial charge in [0.05, 0.1) is 22.1 Å². The lowest BCUT2D eigenvalue weighted by molar-refractivity contribution is -0.144. The Morgan fingerprint density at radius 3 is 2.10 bits per heavy atom. The van der Waals surface area contributed by atoms with Crippen molar-refractivity contribution in [1.29, 1.82) is 0 Å². The fourth-order valence-electron chi connectivity index (χ4n) is 9.15. The molecule has 3 unspecified atom stereocenters. The summed E-state index contributed by atoms with van der Waals surface area (Å²) in [6.45, 7) is 10.7. The number of rotatable bonds is 12. The van der Waals surface area contributed by atoms with Crippen molar-refractivity contribution in [3.8, 4) is 0 Å². The number of sulfone groups is 1. The third-order valence-corrected chi connectivity index (χ3v) is 15.5. The van der Waals surface area contributed by atoms with Gasteiger partial charge in [-0.3, -0.25) is 19.2 Å². The fraction of sp³-hybridized carbons (Fsp3) is 0.718.